The first kappa shape index (κ1) is 11.8. The van der Waals surface area contributed by atoms with Gasteiger partial charge < -0.3 is 9.30 Å². The zero-order valence-electron chi connectivity index (χ0n) is 11.0. The fourth-order valence-corrected chi connectivity index (χ4v) is 3.32. The third-order valence-corrected chi connectivity index (χ3v) is 4.26. The Bertz CT molecular complexity index is 449. The first-order valence-electron chi connectivity index (χ1n) is 7.17. The molecule has 1 saturated heterocycles. The van der Waals surface area contributed by atoms with E-state index in [2.05, 4.69) is 23.6 Å². The second-order valence-corrected chi connectivity index (χ2v) is 5.49. The van der Waals surface area contributed by atoms with Crippen molar-refractivity contribution in [2.24, 2.45) is 0 Å². The van der Waals surface area contributed by atoms with E-state index in [1.807, 2.05) is 0 Å². The molecule has 3 heterocycles. The molecule has 1 aromatic heterocycles. The zero-order valence-corrected chi connectivity index (χ0v) is 11.0. The highest BCUT2D eigenvalue weighted by Crippen LogP contribution is 2.38. The molecule has 0 radical (unpaired) electrons. The second kappa shape index (κ2) is 4.79. The van der Waals surface area contributed by atoms with Crippen LogP contribution in [0.5, 0.6) is 0 Å². The van der Waals surface area contributed by atoms with E-state index in [0.29, 0.717) is 12.3 Å². The number of rotatable bonds is 3. The number of aryl methyl sites for hydroxylation is 1. The van der Waals surface area contributed by atoms with Gasteiger partial charge in [0.15, 0.2) is 0 Å². The number of hydrogen-bond acceptors (Lipinski definition) is 2. The van der Waals surface area contributed by atoms with Gasteiger partial charge in [-0.15, -0.1) is 0 Å². The van der Waals surface area contributed by atoms with Crippen LogP contribution in [0.3, 0.4) is 0 Å². The van der Waals surface area contributed by atoms with Crippen LogP contribution >= 0.6 is 0 Å². The van der Waals surface area contributed by atoms with E-state index in [1.54, 1.807) is 0 Å². The number of fused-ring (bicyclic) bond motifs is 3. The summed E-state index contributed by atoms with van der Waals surface area (Å²) in [7, 11) is 0. The molecular weight excluding hydrogens is 226 g/mol. The normalized spacial score (nSPS) is 26.4. The number of nitrogens with zero attached hydrogens (tertiary/aromatic N) is 1. The number of hydrogen-bond donors (Lipinski definition) is 0. The molecule has 3 heteroatoms. The Labute approximate surface area is 108 Å². The Hall–Kier alpha value is -1.25. The van der Waals surface area contributed by atoms with Crippen molar-refractivity contribution in [3.05, 3.63) is 23.5 Å². The summed E-state index contributed by atoms with van der Waals surface area (Å²) in [5.41, 5.74) is 2.77. The standard InChI is InChI=1S/C15H21NO2/c1-2-3-5-11-7-8-13-12-10-15(17)18-14(12)6-4-9-16(11)13/h7-8,12,14H,2-6,9-10H2,1H3/t12-,14+/m1/s1. The number of esters is 1. The number of ether oxygens (including phenoxy) is 1. The van der Waals surface area contributed by atoms with Gasteiger partial charge in [-0.1, -0.05) is 13.3 Å². The first-order chi connectivity index (χ1) is 8.79. The van der Waals surface area contributed by atoms with Gasteiger partial charge >= 0.3 is 5.97 Å². The van der Waals surface area contributed by atoms with Gasteiger partial charge in [-0.05, 0) is 37.8 Å². The van der Waals surface area contributed by atoms with Gasteiger partial charge in [0.05, 0.1) is 6.42 Å². The van der Waals surface area contributed by atoms with E-state index in [0.717, 1.165) is 25.8 Å². The van der Waals surface area contributed by atoms with Crippen LogP contribution in [0.2, 0.25) is 0 Å². The van der Waals surface area contributed by atoms with Crippen LogP contribution in [0.4, 0.5) is 0 Å². The number of aromatic nitrogens is 1. The van der Waals surface area contributed by atoms with Crippen molar-refractivity contribution < 1.29 is 9.53 Å². The smallest absolute Gasteiger partial charge is 0.306 e. The SMILES string of the molecule is CCCCc1ccc2n1CCC[C@@H]1OC(=O)C[C@H]21. The molecule has 1 fully saturated rings. The monoisotopic (exact) mass is 247 g/mol. The minimum absolute atomic E-state index is 0.0187. The lowest BCUT2D eigenvalue weighted by Crippen LogP contribution is -2.13. The summed E-state index contributed by atoms with van der Waals surface area (Å²) in [4.78, 5) is 11.5. The highest BCUT2D eigenvalue weighted by Gasteiger charge is 2.38. The van der Waals surface area contributed by atoms with Crippen LogP contribution in [-0.2, 0) is 22.5 Å². The van der Waals surface area contributed by atoms with E-state index in [-0.39, 0.29) is 12.1 Å². The van der Waals surface area contributed by atoms with Crippen molar-refractivity contribution in [1.82, 2.24) is 4.57 Å². The molecule has 0 saturated carbocycles. The zero-order chi connectivity index (χ0) is 12.5. The minimum atomic E-state index is -0.0187. The molecule has 0 spiro atoms. The third kappa shape index (κ3) is 1.96. The van der Waals surface area contributed by atoms with Gasteiger partial charge in [-0.2, -0.15) is 0 Å². The van der Waals surface area contributed by atoms with E-state index >= 15 is 0 Å². The number of unbranched alkanes of at least 4 members (excludes halogenated alkanes) is 1. The molecule has 1 aromatic rings. The van der Waals surface area contributed by atoms with E-state index in [1.165, 1.54) is 24.2 Å². The van der Waals surface area contributed by atoms with Crippen molar-refractivity contribution in [1.29, 1.82) is 0 Å². The lowest BCUT2D eigenvalue weighted by atomic mass is 9.96. The summed E-state index contributed by atoms with van der Waals surface area (Å²) in [5.74, 6) is 0.283. The summed E-state index contributed by atoms with van der Waals surface area (Å²) in [6, 6.07) is 4.46. The van der Waals surface area contributed by atoms with Crippen LogP contribution in [0, 0.1) is 0 Å². The number of carbonyl (C=O) groups is 1. The largest absolute Gasteiger partial charge is 0.462 e. The molecule has 3 rings (SSSR count). The summed E-state index contributed by atoms with van der Waals surface area (Å²) in [6.07, 6.45) is 6.47. The second-order valence-electron chi connectivity index (χ2n) is 5.49. The number of carbonyl (C=O) groups excluding carboxylic acids is 1. The first-order valence-corrected chi connectivity index (χ1v) is 7.17. The van der Waals surface area contributed by atoms with Gasteiger partial charge in [0, 0.05) is 23.9 Å². The Morgan fingerprint density at radius 3 is 3.17 bits per heavy atom. The van der Waals surface area contributed by atoms with Gasteiger partial charge in [0.1, 0.15) is 6.10 Å². The van der Waals surface area contributed by atoms with E-state index in [4.69, 9.17) is 4.74 Å². The molecule has 0 aromatic carbocycles. The minimum Gasteiger partial charge on any atom is -0.462 e. The lowest BCUT2D eigenvalue weighted by Gasteiger charge is -2.15. The summed E-state index contributed by atoms with van der Waals surface area (Å²) < 4.78 is 7.89. The Kier molecular flexibility index (Phi) is 3.14. The molecular formula is C15H21NO2. The maximum Gasteiger partial charge on any atom is 0.306 e. The molecule has 2 atom stereocenters. The molecule has 0 aliphatic carbocycles. The summed E-state index contributed by atoms with van der Waals surface area (Å²) >= 11 is 0. The Morgan fingerprint density at radius 2 is 2.33 bits per heavy atom. The van der Waals surface area contributed by atoms with Crippen LogP contribution in [0.15, 0.2) is 12.1 Å². The molecule has 98 valence electrons. The van der Waals surface area contributed by atoms with Crippen molar-refractivity contribution in [3.8, 4) is 0 Å². The average molecular weight is 247 g/mol. The van der Waals surface area contributed by atoms with Gasteiger partial charge in [-0.25, -0.2) is 0 Å². The fraction of sp³-hybridized carbons (Fsp3) is 0.667. The third-order valence-electron chi connectivity index (χ3n) is 4.26. The predicted octanol–water partition coefficient (Wildman–Crippen LogP) is 3.02. The van der Waals surface area contributed by atoms with Gasteiger partial charge in [-0.3, -0.25) is 4.79 Å². The maximum absolute atomic E-state index is 11.5. The molecule has 0 unspecified atom stereocenters. The molecule has 2 aliphatic heterocycles. The molecule has 3 nitrogen and oxygen atoms in total. The van der Waals surface area contributed by atoms with Crippen LogP contribution < -0.4 is 0 Å². The average Bonchev–Trinajstić information content (AvgIpc) is 2.87. The lowest BCUT2D eigenvalue weighted by molar-refractivity contribution is -0.141. The molecule has 2 aliphatic rings. The van der Waals surface area contributed by atoms with Crippen LogP contribution in [-0.4, -0.2) is 16.6 Å². The van der Waals surface area contributed by atoms with Crippen molar-refractivity contribution in [2.75, 3.05) is 0 Å². The van der Waals surface area contributed by atoms with Crippen LogP contribution in [0.1, 0.15) is 56.3 Å². The quantitative estimate of drug-likeness (QED) is 0.769. The predicted molar refractivity (Wildman–Crippen MR) is 69.5 cm³/mol. The van der Waals surface area contributed by atoms with E-state index < -0.39 is 0 Å². The molecule has 0 N–H and O–H groups in total. The van der Waals surface area contributed by atoms with Crippen molar-refractivity contribution in [3.63, 3.8) is 0 Å². The summed E-state index contributed by atoms with van der Waals surface area (Å²) in [5, 5.41) is 0. The Morgan fingerprint density at radius 1 is 1.44 bits per heavy atom. The fourth-order valence-electron chi connectivity index (χ4n) is 3.32. The van der Waals surface area contributed by atoms with Gasteiger partial charge in [0.2, 0.25) is 0 Å². The summed E-state index contributed by atoms with van der Waals surface area (Å²) in [6.45, 7) is 3.32. The van der Waals surface area contributed by atoms with Gasteiger partial charge in [0.25, 0.3) is 0 Å². The topological polar surface area (TPSA) is 31.2 Å². The van der Waals surface area contributed by atoms with Crippen molar-refractivity contribution >= 4 is 5.97 Å². The molecule has 0 bridgehead atoms. The van der Waals surface area contributed by atoms with Crippen molar-refractivity contribution in [2.45, 2.75) is 64.0 Å². The van der Waals surface area contributed by atoms with E-state index in [9.17, 15) is 4.79 Å². The molecule has 0 amide bonds. The molecule has 18 heavy (non-hydrogen) atoms. The highest BCUT2D eigenvalue weighted by molar-refractivity contribution is 5.73. The Balaban J connectivity index is 1.89. The van der Waals surface area contributed by atoms with Crippen LogP contribution in [0.25, 0.3) is 0 Å². The highest BCUT2D eigenvalue weighted by atomic mass is 16.5. The maximum atomic E-state index is 11.5.